The van der Waals surface area contributed by atoms with Crippen LogP contribution in [-0.2, 0) is 6.61 Å². The van der Waals surface area contributed by atoms with E-state index in [-0.39, 0.29) is 0 Å². The van der Waals surface area contributed by atoms with Gasteiger partial charge in [0.2, 0.25) is 5.88 Å². The van der Waals surface area contributed by atoms with Gasteiger partial charge >= 0.3 is 0 Å². The van der Waals surface area contributed by atoms with E-state index < -0.39 is 0 Å². The number of hydrogen-bond acceptors (Lipinski definition) is 3. The van der Waals surface area contributed by atoms with E-state index in [0.29, 0.717) is 17.6 Å². The molecular weight excluding hydrogens is 248 g/mol. The second kappa shape index (κ2) is 5.74. The molecule has 2 aromatic rings. The Morgan fingerprint density at radius 3 is 2.78 bits per heavy atom. The number of halogens is 1. The monoisotopic (exact) mass is 262 g/mol. The second-order valence-electron chi connectivity index (χ2n) is 3.95. The van der Waals surface area contributed by atoms with Gasteiger partial charge in [0.15, 0.2) is 0 Å². The van der Waals surface area contributed by atoms with Crippen molar-refractivity contribution in [1.82, 2.24) is 4.98 Å². The first kappa shape index (κ1) is 12.7. The van der Waals surface area contributed by atoms with Crippen molar-refractivity contribution >= 4 is 17.3 Å². The summed E-state index contributed by atoms with van der Waals surface area (Å²) in [7, 11) is 1.89. The van der Waals surface area contributed by atoms with Gasteiger partial charge in [0.05, 0.1) is 0 Å². The molecule has 18 heavy (non-hydrogen) atoms. The van der Waals surface area contributed by atoms with Crippen molar-refractivity contribution in [2.75, 3.05) is 12.4 Å². The standard InChI is InChI=1S/C14H15ClN2O/c1-10-7-8-13(15)17-14(10)18-9-11-5-3-4-6-12(11)16-2/h3-8,16H,9H2,1-2H3. The zero-order valence-electron chi connectivity index (χ0n) is 10.4. The molecule has 0 amide bonds. The number of nitrogens with one attached hydrogen (secondary N) is 1. The molecule has 1 aromatic heterocycles. The van der Waals surface area contributed by atoms with Crippen LogP contribution in [0, 0.1) is 6.92 Å². The molecule has 3 nitrogen and oxygen atoms in total. The molecule has 0 saturated carbocycles. The quantitative estimate of drug-likeness (QED) is 0.854. The number of benzene rings is 1. The fourth-order valence-corrected chi connectivity index (χ4v) is 1.81. The highest BCUT2D eigenvalue weighted by Gasteiger charge is 2.05. The van der Waals surface area contributed by atoms with Gasteiger partial charge in [0.1, 0.15) is 11.8 Å². The fourth-order valence-electron chi connectivity index (χ4n) is 1.67. The first-order chi connectivity index (χ1) is 8.70. The van der Waals surface area contributed by atoms with E-state index in [2.05, 4.69) is 10.3 Å². The molecule has 0 unspecified atom stereocenters. The van der Waals surface area contributed by atoms with Gasteiger partial charge in [0, 0.05) is 23.9 Å². The van der Waals surface area contributed by atoms with Crippen LogP contribution in [0.25, 0.3) is 0 Å². The van der Waals surface area contributed by atoms with Crippen LogP contribution in [0.2, 0.25) is 5.15 Å². The second-order valence-corrected chi connectivity index (χ2v) is 4.34. The van der Waals surface area contributed by atoms with Crippen molar-refractivity contribution in [3.05, 3.63) is 52.7 Å². The van der Waals surface area contributed by atoms with E-state index in [1.807, 2.05) is 44.3 Å². The summed E-state index contributed by atoms with van der Waals surface area (Å²) in [4.78, 5) is 4.17. The van der Waals surface area contributed by atoms with Crippen LogP contribution in [0.3, 0.4) is 0 Å². The lowest BCUT2D eigenvalue weighted by Gasteiger charge is -2.11. The fraction of sp³-hybridized carbons (Fsp3) is 0.214. The normalized spacial score (nSPS) is 10.2. The molecule has 1 heterocycles. The van der Waals surface area contributed by atoms with Gasteiger partial charge in [-0.1, -0.05) is 35.9 Å². The average molecular weight is 263 g/mol. The Bertz CT molecular complexity index is 543. The number of rotatable bonds is 4. The molecule has 4 heteroatoms. The molecule has 0 atom stereocenters. The minimum Gasteiger partial charge on any atom is -0.472 e. The number of aromatic nitrogens is 1. The Labute approximate surface area is 112 Å². The maximum Gasteiger partial charge on any atom is 0.218 e. The Morgan fingerprint density at radius 1 is 1.22 bits per heavy atom. The lowest BCUT2D eigenvalue weighted by Crippen LogP contribution is -2.02. The summed E-state index contributed by atoms with van der Waals surface area (Å²) in [6.45, 7) is 2.41. The molecule has 0 bridgehead atoms. The first-order valence-corrected chi connectivity index (χ1v) is 6.10. The van der Waals surface area contributed by atoms with Crippen LogP contribution >= 0.6 is 11.6 Å². The Morgan fingerprint density at radius 2 is 2.00 bits per heavy atom. The molecule has 94 valence electrons. The molecule has 0 fully saturated rings. The van der Waals surface area contributed by atoms with Crippen LogP contribution in [0.4, 0.5) is 5.69 Å². The average Bonchev–Trinajstić information content (AvgIpc) is 2.40. The Balaban J connectivity index is 2.14. The third-order valence-electron chi connectivity index (χ3n) is 2.67. The summed E-state index contributed by atoms with van der Waals surface area (Å²) >= 11 is 5.85. The third-order valence-corrected chi connectivity index (χ3v) is 2.88. The van der Waals surface area contributed by atoms with E-state index in [1.54, 1.807) is 6.07 Å². The maximum atomic E-state index is 5.85. The molecule has 0 saturated heterocycles. The highest BCUT2D eigenvalue weighted by Crippen LogP contribution is 2.21. The number of pyridine rings is 1. The predicted octanol–water partition coefficient (Wildman–Crippen LogP) is 3.66. The topological polar surface area (TPSA) is 34.1 Å². The van der Waals surface area contributed by atoms with Crippen molar-refractivity contribution in [3.63, 3.8) is 0 Å². The van der Waals surface area contributed by atoms with Crippen LogP contribution in [0.5, 0.6) is 5.88 Å². The van der Waals surface area contributed by atoms with Crippen LogP contribution in [0.15, 0.2) is 36.4 Å². The number of hydrogen-bond donors (Lipinski definition) is 1. The first-order valence-electron chi connectivity index (χ1n) is 5.72. The van der Waals surface area contributed by atoms with E-state index in [4.69, 9.17) is 16.3 Å². The third kappa shape index (κ3) is 2.93. The van der Waals surface area contributed by atoms with E-state index in [9.17, 15) is 0 Å². The molecule has 0 aliphatic rings. The molecular formula is C14H15ClN2O. The lowest BCUT2D eigenvalue weighted by molar-refractivity contribution is 0.292. The van der Waals surface area contributed by atoms with Gasteiger partial charge in [-0.3, -0.25) is 0 Å². The Kier molecular flexibility index (Phi) is 4.05. The summed E-state index contributed by atoms with van der Waals surface area (Å²) in [5.41, 5.74) is 3.11. The van der Waals surface area contributed by atoms with Gasteiger partial charge in [-0.25, -0.2) is 4.98 Å². The summed E-state index contributed by atoms with van der Waals surface area (Å²) in [6, 6.07) is 11.7. The van der Waals surface area contributed by atoms with Crippen molar-refractivity contribution in [2.45, 2.75) is 13.5 Å². The van der Waals surface area contributed by atoms with Gasteiger partial charge < -0.3 is 10.1 Å². The van der Waals surface area contributed by atoms with Gasteiger partial charge in [0.25, 0.3) is 0 Å². The number of para-hydroxylation sites is 1. The Hall–Kier alpha value is -1.74. The summed E-state index contributed by atoms with van der Waals surface area (Å²) in [5, 5.41) is 3.57. The smallest absolute Gasteiger partial charge is 0.218 e. The zero-order valence-corrected chi connectivity index (χ0v) is 11.2. The van der Waals surface area contributed by atoms with Crippen molar-refractivity contribution < 1.29 is 4.74 Å². The summed E-state index contributed by atoms with van der Waals surface area (Å²) in [6.07, 6.45) is 0. The SMILES string of the molecule is CNc1ccccc1COc1nc(Cl)ccc1C. The molecule has 0 aliphatic heterocycles. The highest BCUT2D eigenvalue weighted by atomic mass is 35.5. The van der Waals surface area contributed by atoms with Crippen molar-refractivity contribution in [1.29, 1.82) is 0 Å². The molecule has 2 rings (SSSR count). The van der Waals surface area contributed by atoms with Crippen LogP contribution in [-0.4, -0.2) is 12.0 Å². The largest absolute Gasteiger partial charge is 0.472 e. The molecule has 1 N–H and O–H groups in total. The molecule has 0 radical (unpaired) electrons. The van der Waals surface area contributed by atoms with Crippen LogP contribution < -0.4 is 10.1 Å². The minimum atomic E-state index is 0.442. The number of ether oxygens (including phenoxy) is 1. The molecule has 1 aromatic carbocycles. The zero-order chi connectivity index (χ0) is 13.0. The number of anilines is 1. The van der Waals surface area contributed by atoms with E-state index in [1.165, 1.54) is 0 Å². The van der Waals surface area contributed by atoms with Crippen LogP contribution in [0.1, 0.15) is 11.1 Å². The highest BCUT2D eigenvalue weighted by molar-refractivity contribution is 6.29. The summed E-state index contributed by atoms with van der Waals surface area (Å²) < 4.78 is 5.71. The van der Waals surface area contributed by atoms with Gasteiger partial charge in [-0.2, -0.15) is 0 Å². The number of nitrogens with zero attached hydrogens (tertiary/aromatic N) is 1. The predicted molar refractivity (Wildman–Crippen MR) is 74.3 cm³/mol. The van der Waals surface area contributed by atoms with Gasteiger partial charge in [-0.15, -0.1) is 0 Å². The molecule has 0 spiro atoms. The van der Waals surface area contributed by atoms with E-state index >= 15 is 0 Å². The van der Waals surface area contributed by atoms with Crippen molar-refractivity contribution in [2.24, 2.45) is 0 Å². The van der Waals surface area contributed by atoms with Crippen molar-refractivity contribution in [3.8, 4) is 5.88 Å². The summed E-state index contributed by atoms with van der Waals surface area (Å²) in [5.74, 6) is 0.577. The lowest BCUT2D eigenvalue weighted by atomic mass is 10.2. The molecule has 0 aliphatic carbocycles. The maximum absolute atomic E-state index is 5.85. The minimum absolute atomic E-state index is 0.442. The number of aryl methyl sites for hydroxylation is 1. The van der Waals surface area contributed by atoms with Gasteiger partial charge in [-0.05, 0) is 19.1 Å². The van der Waals surface area contributed by atoms with E-state index in [0.717, 1.165) is 16.8 Å².